The molecule has 118 valence electrons. The highest BCUT2D eigenvalue weighted by molar-refractivity contribution is 7.89. The maximum atomic E-state index is 12.7. The van der Waals surface area contributed by atoms with Crippen molar-refractivity contribution < 1.29 is 13.2 Å². The zero-order chi connectivity index (χ0) is 14.9. The molecule has 2 N–H and O–H groups in total. The van der Waals surface area contributed by atoms with Crippen LogP contribution in [0.15, 0.2) is 16.3 Å². The van der Waals surface area contributed by atoms with Crippen LogP contribution in [0.2, 0.25) is 0 Å². The summed E-state index contributed by atoms with van der Waals surface area (Å²) < 4.78 is 33.6. The minimum atomic E-state index is -3.47. The van der Waals surface area contributed by atoms with Crippen LogP contribution >= 0.6 is 11.3 Å². The molecule has 21 heavy (non-hydrogen) atoms. The van der Waals surface area contributed by atoms with Crippen molar-refractivity contribution >= 4 is 21.4 Å². The first kappa shape index (κ1) is 15.4. The van der Waals surface area contributed by atoms with E-state index < -0.39 is 15.6 Å². The summed E-state index contributed by atoms with van der Waals surface area (Å²) >= 11 is 1.50. The second-order valence-corrected chi connectivity index (χ2v) is 8.79. The Morgan fingerprint density at radius 1 is 1.38 bits per heavy atom. The lowest BCUT2D eigenvalue weighted by Crippen LogP contribution is -2.49. The first-order valence-corrected chi connectivity index (χ1v) is 9.76. The summed E-state index contributed by atoms with van der Waals surface area (Å²) in [6.45, 7) is 3.82. The Morgan fingerprint density at radius 3 is 2.76 bits per heavy atom. The molecular weight excluding hydrogens is 308 g/mol. The van der Waals surface area contributed by atoms with Crippen LogP contribution in [0.3, 0.4) is 0 Å². The van der Waals surface area contributed by atoms with Gasteiger partial charge in [-0.1, -0.05) is 0 Å². The van der Waals surface area contributed by atoms with Crippen molar-refractivity contribution in [1.29, 1.82) is 0 Å². The van der Waals surface area contributed by atoms with Gasteiger partial charge < -0.3 is 10.1 Å². The second-order valence-electron chi connectivity index (χ2n) is 6.14. The zero-order valence-corrected chi connectivity index (χ0v) is 13.9. The molecule has 0 radical (unpaired) electrons. The van der Waals surface area contributed by atoms with Crippen molar-refractivity contribution in [3.63, 3.8) is 0 Å². The summed E-state index contributed by atoms with van der Waals surface area (Å²) in [4.78, 5) is 1.32. The molecule has 1 aliphatic carbocycles. The smallest absolute Gasteiger partial charge is 0.242 e. The van der Waals surface area contributed by atoms with Crippen LogP contribution in [0.5, 0.6) is 0 Å². The zero-order valence-electron chi connectivity index (χ0n) is 12.2. The van der Waals surface area contributed by atoms with Gasteiger partial charge in [-0.2, -0.15) is 0 Å². The van der Waals surface area contributed by atoms with Gasteiger partial charge in [0.15, 0.2) is 0 Å². The van der Waals surface area contributed by atoms with Gasteiger partial charge in [0.1, 0.15) is 0 Å². The third-order valence-corrected chi connectivity index (χ3v) is 6.87. The molecule has 1 aromatic rings. The number of nitrogens with one attached hydrogen (secondary N) is 2. The molecule has 1 aromatic heterocycles. The molecular formula is C14H22N2O3S2. The van der Waals surface area contributed by atoms with Crippen LogP contribution in [-0.2, 0) is 21.3 Å². The quantitative estimate of drug-likeness (QED) is 0.835. The van der Waals surface area contributed by atoms with Gasteiger partial charge in [0.05, 0.1) is 4.90 Å². The molecule has 0 amide bonds. The molecule has 2 heterocycles. The molecule has 5 nitrogen and oxygen atoms in total. The number of hydrogen-bond acceptors (Lipinski definition) is 5. The van der Waals surface area contributed by atoms with Crippen LogP contribution in [-0.4, -0.2) is 33.2 Å². The number of rotatable bonds is 6. The maximum Gasteiger partial charge on any atom is 0.242 e. The molecule has 3 rings (SSSR count). The lowest BCUT2D eigenvalue weighted by Gasteiger charge is -2.34. The summed E-state index contributed by atoms with van der Waals surface area (Å²) in [5.74, 6) is 0. The maximum absolute atomic E-state index is 12.7. The monoisotopic (exact) mass is 330 g/mol. The number of ether oxygens (including phenoxy) is 1. The highest BCUT2D eigenvalue weighted by Gasteiger charge is 2.34. The van der Waals surface area contributed by atoms with Gasteiger partial charge >= 0.3 is 0 Å². The molecule has 1 saturated heterocycles. The van der Waals surface area contributed by atoms with Crippen LogP contribution in [0.25, 0.3) is 0 Å². The molecule has 0 spiro atoms. The number of hydrogen-bond donors (Lipinski definition) is 2. The fourth-order valence-electron chi connectivity index (χ4n) is 2.53. The Labute approximate surface area is 130 Å². The molecule has 0 aromatic carbocycles. The summed E-state index contributed by atoms with van der Waals surface area (Å²) in [5, 5.41) is 5.23. The highest BCUT2D eigenvalue weighted by Crippen LogP contribution is 2.28. The third-order valence-electron chi connectivity index (χ3n) is 4.10. The topological polar surface area (TPSA) is 67.4 Å². The van der Waals surface area contributed by atoms with E-state index in [0.29, 0.717) is 43.5 Å². The lowest BCUT2D eigenvalue weighted by molar-refractivity contribution is 0.0537. The van der Waals surface area contributed by atoms with E-state index in [9.17, 15) is 8.42 Å². The fraction of sp³-hybridized carbons (Fsp3) is 0.714. The van der Waals surface area contributed by atoms with Gasteiger partial charge in [-0.3, -0.25) is 0 Å². The second kappa shape index (κ2) is 5.96. The Balaban J connectivity index is 1.73. The molecule has 0 unspecified atom stereocenters. The van der Waals surface area contributed by atoms with E-state index in [0.717, 1.165) is 4.88 Å². The van der Waals surface area contributed by atoms with E-state index in [2.05, 4.69) is 10.0 Å². The normalized spacial score (nSPS) is 22.3. The van der Waals surface area contributed by atoms with Crippen LogP contribution in [0.1, 0.15) is 37.5 Å². The van der Waals surface area contributed by atoms with Gasteiger partial charge in [0.25, 0.3) is 0 Å². The van der Waals surface area contributed by atoms with Gasteiger partial charge in [0.2, 0.25) is 10.0 Å². The molecule has 2 fully saturated rings. The largest absolute Gasteiger partial charge is 0.381 e. The minimum Gasteiger partial charge on any atom is -0.381 e. The number of sulfonamides is 1. The Kier molecular flexibility index (Phi) is 4.38. The van der Waals surface area contributed by atoms with E-state index in [-0.39, 0.29) is 0 Å². The van der Waals surface area contributed by atoms with Crippen molar-refractivity contribution in [3.8, 4) is 0 Å². The van der Waals surface area contributed by atoms with Crippen molar-refractivity contribution in [2.24, 2.45) is 0 Å². The van der Waals surface area contributed by atoms with Crippen molar-refractivity contribution in [2.45, 2.75) is 55.6 Å². The molecule has 2 aliphatic rings. The summed E-state index contributed by atoms with van der Waals surface area (Å²) in [5.41, 5.74) is -0.403. The predicted molar refractivity (Wildman–Crippen MR) is 83.0 cm³/mol. The Bertz CT molecular complexity index is 587. The summed E-state index contributed by atoms with van der Waals surface area (Å²) in [6, 6.07) is 2.28. The highest BCUT2D eigenvalue weighted by atomic mass is 32.2. The standard InChI is InChI=1S/C14H22N2O3S2/c1-14(5-7-19-8-6-14)16-21(17,18)13-4-9-20-12(13)10-15-11-2-3-11/h4,9,11,15-16H,2-3,5-8,10H2,1H3. The molecule has 7 heteroatoms. The molecule has 1 aliphatic heterocycles. The SMILES string of the molecule is CC1(NS(=O)(=O)c2ccsc2CNC2CC2)CCOCC1. The van der Waals surface area contributed by atoms with E-state index >= 15 is 0 Å². The molecule has 0 atom stereocenters. The fourth-order valence-corrected chi connectivity index (χ4v) is 5.39. The first-order chi connectivity index (χ1) is 9.99. The van der Waals surface area contributed by atoms with Gasteiger partial charge in [-0.05, 0) is 44.1 Å². The van der Waals surface area contributed by atoms with Crippen molar-refractivity contribution in [3.05, 3.63) is 16.3 Å². The van der Waals surface area contributed by atoms with E-state index in [1.165, 1.54) is 24.2 Å². The van der Waals surface area contributed by atoms with E-state index in [1.54, 1.807) is 6.07 Å². The summed E-state index contributed by atoms with van der Waals surface area (Å²) in [6.07, 6.45) is 3.83. The predicted octanol–water partition coefficient (Wildman–Crippen LogP) is 1.85. The first-order valence-electron chi connectivity index (χ1n) is 7.40. The van der Waals surface area contributed by atoms with Gasteiger partial charge in [0, 0.05) is 36.2 Å². The Hall–Kier alpha value is -0.470. The lowest BCUT2D eigenvalue weighted by atomic mass is 9.94. The molecule has 0 bridgehead atoms. The summed E-state index contributed by atoms with van der Waals surface area (Å²) in [7, 11) is -3.47. The van der Waals surface area contributed by atoms with E-state index in [1.807, 2.05) is 12.3 Å². The van der Waals surface area contributed by atoms with Crippen LogP contribution in [0, 0.1) is 0 Å². The van der Waals surface area contributed by atoms with Gasteiger partial charge in [-0.25, -0.2) is 13.1 Å². The molecule has 1 saturated carbocycles. The third kappa shape index (κ3) is 3.84. The van der Waals surface area contributed by atoms with Crippen LogP contribution < -0.4 is 10.0 Å². The van der Waals surface area contributed by atoms with Crippen LogP contribution in [0.4, 0.5) is 0 Å². The van der Waals surface area contributed by atoms with Gasteiger partial charge in [-0.15, -0.1) is 11.3 Å². The van der Waals surface area contributed by atoms with E-state index in [4.69, 9.17) is 4.74 Å². The minimum absolute atomic E-state index is 0.403. The average Bonchev–Trinajstić information content (AvgIpc) is 3.12. The number of thiophene rings is 1. The van der Waals surface area contributed by atoms with Crippen molar-refractivity contribution in [1.82, 2.24) is 10.0 Å². The Morgan fingerprint density at radius 2 is 2.10 bits per heavy atom. The van der Waals surface area contributed by atoms with Crippen molar-refractivity contribution in [2.75, 3.05) is 13.2 Å². The average molecular weight is 330 g/mol.